The second kappa shape index (κ2) is 3.66. The molecule has 0 aliphatic rings. The minimum atomic E-state index is -0.644. The highest BCUT2D eigenvalue weighted by atomic mass is 16.5. The predicted octanol–water partition coefficient (Wildman–Crippen LogP) is -2.96. The van der Waals surface area contributed by atoms with Crippen molar-refractivity contribution in [1.29, 1.82) is 0 Å². The lowest BCUT2D eigenvalue weighted by Gasteiger charge is -2.18. The Bertz CT molecular complexity index is 275. The van der Waals surface area contributed by atoms with Crippen molar-refractivity contribution >= 4 is 17.1 Å². The van der Waals surface area contributed by atoms with Crippen LogP contribution < -0.4 is 27.8 Å². The molecule has 2 unspecified atom stereocenters. The van der Waals surface area contributed by atoms with Crippen LogP contribution in [0.3, 0.4) is 0 Å². The van der Waals surface area contributed by atoms with Gasteiger partial charge in [0.2, 0.25) is 0 Å². The van der Waals surface area contributed by atoms with E-state index in [2.05, 4.69) is 0 Å². The topological polar surface area (TPSA) is 133 Å². The van der Waals surface area contributed by atoms with Crippen LogP contribution in [-0.4, -0.2) is 0 Å². The van der Waals surface area contributed by atoms with Crippen molar-refractivity contribution in [1.82, 2.24) is 0 Å². The number of quaternary nitrogens is 2. The first-order valence-corrected chi connectivity index (χ1v) is 3.51. The molecule has 0 fully saturated rings. The van der Waals surface area contributed by atoms with E-state index < -0.39 is 10.3 Å². The van der Waals surface area contributed by atoms with Gasteiger partial charge in [-0.2, -0.15) is 11.7 Å². The largest absolute Gasteiger partial charge is 0.608 e. The highest BCUT2D eigenvalue weighted by molar-refractivity contribution is 5.55. The zero-order valence-corrected chi connectivity index (χ0v) is 6.78. The van der Waals surface area contributed by atoms with Gasteiger partial charge in [0.05, 0.1) is 6.07 Å². The molecule has 72 valence electrons. The van der Waals surface area contributed by atoms with E-state index in [-0.39, 0.29) is 17.1 Å². The van der Waals surface area contributed by atoms with Gasteiger partial charge in [-0.3, -0.25) is 10.3 Å². The van der Waals surface area contributed by atoms with Crippen LogP contribution in [0.15, 0.2) is 18.2 Å². The summed E-state index contributed by atoms with van der Waals surface area (Å²) in [5.41, 5.74) is 6.05. The summed E-state index contributed by atoms with van der Waals surface area (Å²) >= 11 is 0. The van der Waals surface area contributed by atoms with E-state index in [1.54, 1.807) is 0 Å². The lowest BCUT2D eigenvalue weighted by atomic mass is 10.2. The molecule has 1 rings (SSSR count). The van der Waals surface area contributed by atoms with E-state index in [4.69, 9.17) is 17.4 Å². The number of hydrogen-bond donors (Lipinski definition) is 5. The number of rotatable bonds is 2. The average molecular weight is 185 g/mol. The van der Waals surface area contributed by atoms with Gasteiger partial charge in [-0.15, -0.1) is 0 Å². The molecule has 0 aromatic heterocycles. The third kappa shape index (κ3) is 2.36. The Kier molecular flexibility index (Phi) is 2.78. The van der Waals surface area contributed by atoms with Crippen molar-refractivity contribution in [2.24, 2.45) is 11.7 Å². The minimum absolute atomic E-state index is 0.175. The smallest absolute Gasteiger partial charge is 0.158 e. The van der Waals surface area contributed by atoms with Crippen LogP contribution in [0.25, 0.3) is 0 Å². The second-order valence-electron chi connectivity index (χ2n) is 2.57. The number of benzene rings is 1. The first-order chi connectivity index (χ1) is 6.00. The molecule has 0 saturated carbocycles. The Hall–Kier alpha value is -1.22. The maximum atomic E-state index is 10.7. The summed E-state index contributed by atoms with van der Waals surface area (Å²) in [6.07, 6.45) is 0. The fourth-order valence-electron chi connectivity index (χ4n) is 0.936. The van der Waals surface area contributed by atoms with Gasteiger partial charge in [0.25, 0.3) is 0 Å². The van der Waals surface area contributed by atoms with Gasteiger partial charge in [0, 0.05) is 17.8 Å². The molecule has 7 nitrogen and oxygen atoms in total. The maximum Gasteiger partial charge on any atom is 0.158 e. The van der Waals surface area contributed by atoms with E-state index in [0.717, 1.165) is 0 Å². The molecule has 7 heteroatoms. The number of nitrogens with two attached hydrogens (primary N) is 3. The number of nitrogens with one attached hydrogen (secondary N) is 2. The highest BCUT2D eigenvalue weighted by Crippen LogP contribution is 2.13. The minimum Gasteiger partial charge on any atom is -0.608 e. The zero-order valence-electron chi connectivity index (χ0n) is 6.78. The Morgan fingerprint density at radius 2 is 1.31 bits per heavy atom. The average Bonchev–Trinajstić information content (AvgIpc) is 2.03. The monoisotopic (exact) mass is 185 g/mol. The van der Waals surface area contributed by atoms with Crippen LogP contribution >= 0.6 is 0 Å². The van der Waals surface area contributed by atoms with Crippen molar-refractivity contribution in [2.45, 2.75) is 0 Å². The van der Waals surface area contributed by atoms with Crippen LogP contribution in [0.2, 0.25) is 0 Å². The molecule has 2 atom stereocenters. The quantitative estimate of drug-likeness (QED) is 0.191. The molecule has 0 amide bonds. The fraction of sp³-hybridized carbons (Fsp3) is 0. The van der Waals surface area contributed by atoms with Gasteiger partial charge >= 0.3 is 0 Å². The second-order valence-corrected chi connectivity index (χ2v) is 2.57. The van der Waals surface area contributed by atoms with Gasteiger partial charge in [-0.05, 0) is 0 Å². The number of hydrogen-bond acceptors (Lipinski definition) is 5. The summed E-state index contributed by atoms with van der Waals surface area (Å²) in [6.45, 7) is 0. The Labute approximate surface area is 74.4 Å². The first-order valence-electron chi connectivity index (χ1n) is 3.51. The van der Waals surface area contributed by atoms with E-state index in [9.17, 15) is 10.4 Å². The Balaban J connectivity index is 3.11. The van der Waals surface area contributed by atoms with Gasteiger partial charge in [-0.1, -0.05) is 0 Å². The van der Waals surface area contributed by atoms with Crippen molar-refractivity contribution in [3.63, 3.8) is 0 Å². The van der Waals surface area contributed by atoms with E-state index in [0.29, 0.717) is 0 Å². The summed E-state index contributed by atoms with van der Waals surface area (Å²) in [4.78, 5) is 0. The van der Waals surface area contributed by atoms with Crippen LogP contribution in [0.4, 0.5) is 17.1 Å². The molecular weight excluding hydrogens is 174 g/mol. The molecular formula is C6H11N5O2. The molecule has 0 aliphatic heterocycles. The third-order valence-corrected chi connectivity index (χ3v) is 1.52. The van der Waals surface area contributed by atoms with Crippen molar-refractivity contribution in [3.8, 4) is 0 Å². The van der Waals surface area contributed by atoms with Crippen LogP contribution in [0.5, 0.6) is 0 Å². The van der Waals surface area contributed by atoms with E-state index >= 15 is 0 Å². The van der Waals surface area contributed by atoms with E-state index in [1.165, 1.54) is 18.2 Å². The molecule has 0 aliphatic carbocycles. The zero-order chi connectivity index (χ0) is 10.0. The molecule has 0 heterocycles. The SMILES string of the molecule is Nc1cc([NH+](N)[O-])cc([NH+](N)[O-])c1. The van der Waals surface area contributed by atoms with Crippen molar-refractivity contribution in [2.75, 3.05) is 5.73 Å². The first kappa shape index (κ1) is 9.86. The molecule has 0 spiro atoms. The molecule has 0 bridgehead atoms. The Morgan fingerprint density at radius 3 is 1.62 bits per heavy atom. The lowest BCUT2D eigenvalue weighted by molar-refractivity contribution is -0.796. The summed E-state index contributed by atoms with van der Waals surface area (Å²) < 4.78 is 0. The molecule has 1 aromatic carbocycles. The molecule has 8 N–H and O–H groups in total. The van der Waals surface area contributed by atoms with Crippen LogP contribution in [0.1, 0.15) is 0 Å². The fourth-order valence-corrected chi connectivity index (χ4v) is 0.936. The van der Waals surface area contributed by atoms with Crippen LogP contribution in [0, 0.1) is 10.4 Å². The molecule has 1 aromatic rings. The van der Waals surface area contributed by atoms with Gasteiger partial charge in [0.1, 0.15) is 0 Å². The predicted molar refractivity (Wildman–Crippen MR) is 47.2 cm³/mol. The third-order valence-electron chi connectivity index (χ3n) is 1.52. The number of nitrogen functional groups attached to an aromatic ring is 3. The van der Waals surface area contributed by atoms with E-state index in [1.807, 2.05) is 0 Å². The van der Waals surface area contributed by atoms with Gasteiger partial charge in [-0.25, -0.2) is 0 Å². The molecule has 13 heavy (non-hydrogen) atoms. The van der Waals surface area contributed by atoms with Crippen molar-refractivity contribution in [3.05, 3.63) is 28.6 Å². The number of anilines is 1. The normalized spacial score (nSPS) is 15.4. The van der Waals surface area contributed by atoms with Gasteiger partial charge < -0.3 is 16.1 Å². The lowest BCUT2D eigenvalue weighted by Crippen LogP contribution is -3.09. The van der Waals surface area contributed by atoms with Gasteiger partial charge in [0.15, 0.2) is 11.4 Å². The summed E-state index contributed by atoms with van der Waals surface area (Å²) in [5.74, 6) is 10.0. The van der Waals surface area contributed by atoms with Crippen molar-refractivity contribution < 1.29 is 10.3 Å². The summed E-state index contributed by atoms with van der Waals surface area (Å²) in [5, 5.41) is 20.2. The van der Waals surface area contributed by atoms with Crippen LogP contribution in [-0.2, 0) is 0 Å². The highest BCUT2D eigenvalue weighted by Gasteiger charge is 2.06. The molecule has 0 saturated heterocycles. The standard InChI is InChI=1S/C6H11N5O2/c7-4-1-5(10(8)12)3-6(2-4)11(9)13/h1-3,10-11H,7-9H2. The summed E-state index contributed by atoms with van der Waals surface area (Å²) in [7, 11) is 0. The maximum absolute atomic E-state index is 10.7. The summed E-state index contributed by atoms with van der Waals surface area (Å²) in [6, 6.07) is 4.07. The Morgan fingerprint density at radius 1 is 0.923 bits per heavy atom. The molecule has 0 radical (unpaired) electrons.